The second-order valence-electron chi connectivity index (χ2n) is 1.66. The Morgan fingerprint density at radius 3 is 2.90 bits per heavy atom. The van der Waals surface area contributed by atoms with Crippen molar-refractivity contribution in [3.05, 3.63) is 22.8 Å². The summed E-state index contributed by atoms with van der Waals surface area (Å²) >= 11 is 5.45. The molecule has 0 fully saturated rings. The van der Waals surface area contributed by atoms with Crippen LogP contribution >= 0.6 is 11.6 Å². The van der Waals surface area contributed by atoms with Crippen molar-refractivity contribution in [3.8, 4) is 5.88 Å². The first-order valence-electron chi connectivity index (χ1n) is 2.54. The van der Waals surface area contributed by atoms with E-state index in [0.717, 1.165) is 0 Å². The van der Waals surface area contributed by atoms with Crippen LogP contribution in [-0.2, 0) is 0 Å². The summed E-state index contributed by atoms with van der Waals surface area (Å²) in [4.78, 5) is 13.6. The molecular formula is C6H4ClNO2. The van der Waals surface area contributed by atoms with Gasteiger partial charge in [-0.3, -0.25) is 4.79 Å². The lowest BCUT2D eigenvalue weighted by Crippen LogP contribution is -1.83. The Morgan fingerprint density at radius 1 is 1.70 bits per heavy atom. The highest BCUT2D eigenvalue weighted by Crippen LogP contribution is 2.21. The third kappa shape index (κ3) is 1.09. The lowest BCUT2D eigenvalue weighted by Gasteiger charge is -1.95. The number of carbonyl (C=O) groups excluding carboxylic acids is 1. The van der Waals surface area contributed by atoms with Gasteiger partial charge >= 0.3 is 0 Å². The molecule has 1 heterocycles. The van der Waals surface area contributed by atoms with E-state index in [1.54, 1.807) is 0 Å². The minimum atomic E-state index is -0.314. The Labute approximate surface area is 62.3 Å². The van der Waals surface area contributed by atoms with Gasteiger partial charge in [-0.05, 0) is 6.07 Å². The predicted molar refractivity (Wildman–Crippen MR) is 36.3 cm³/mol. The minimum absolute atomic E-state index is 0.00231. The summed E-state index contributed by atoms with van der Waals surface area (Å²) in [6.45, 7) is 0. The number of carbonyl (C=O) groups is 1. The lowest BCUT2D eigenvalue weighted by molar-refractivity contribution is 0.112. The Morgan fingerprint density at radius 2 is 2.40 bits per heavy atom. The largest absolute Gasteiger partial charge is 0.492 e. The molecule has 3 nitrogen and oxygen atoms in total. The van der Waals surface area contributed by atoms with Crippen molar-refractivity contribution in [2.24, 2.45) is 0 Å². The lowest BCUT2D eigenvalue weighted by atomic mass is 10.3. The Balaban J connectivity index is 3.27. The summed E-state index contributed by atoms with van der Waals surface area (Å²) < 4.78 is 0. The molecule has 0 atom stereocenters. The average Bonchev–Trinajstić information content (AvgIpc) is 1.95. The third-order valence-electron chi connectivity index (χ3n) is 1.03. The van der Waals surface area contributed by atoms with Crippen LogP contribution in [0.15, 0.2) is 12.3 Å². The molecule has 0 aliphatic heterocycles. The number of hydrogen-bond donors (Lipinski definition) is 1. The van der Waals surface area contributed by atoms with Crippen LogP contribution in [0.1, 0.15) is 10.4 Å². The summed E-state index contributed by atoms with van der Waals surface area (Å²) in [7, 11) is 0. The number of rotatable bonds is 1. The van der Waals surface area contributed by atoms with Crippen molar-refractivity contribution >= 4 is 17.9 Å². The van der Waals surface area contributed by atoms with Crippen molar-refractivity contribution in [3.63, 3.8) is 0 Å². The van der Waals surface area contributed by atoms with Gasteiger partial charge in [0, 0.05) is 11.8 Å². The number of aldehydes is 1. The van der Waals surface area contributed by atoms with E-state index in [1.807, 2.05) is 0 Å². The standard InChI is InChI=1S/C6H4ClNO2/c7-5-4(3-9)1-2-8-6(5)10/h1-3H,(H,8,10). The fraction of sp³-hybridized carbons (Fsp3) is 0. The fourth-order valence-corrected chi connectivity index (χ4v) is 0.694. The molecule has 4 heteroatoms. The molecule has 1 rings (SSSR count). The van der Waals surface area contributed by atoms with Crippen LogP contribution < -0.4 is 0 Å². The minimum Gasteiger partial charge on any atom is -0.492 e. The number of nitrogens with zero attached hydrogens (tertiary/aromatic N) is 1. The van der Waals surface area contributed by atoms with E-state index < -0.39 is 0 Å². The Hall–Kier alpha value is -1.09. The van der Waals surface area contributed by atoms with Gasteiger partial charge in [0.1, 0.15) is 5.02 Å². The van der Waals surface area contributed by atoms with E-state index in [-0.39, 0.29) is 16.5 Å². The molecule has 1 aromatic heterocycles. The highest BCUT2D eigenvalue weighted by molar-refractivity contribution is 6.34. The molecule has 1 aromatic rings. The molecule has 10 heavy (non-hydrogen) atoms. The van der Waals surface area contributed by atoms with Gasteiger partial charge in [0.15, 0.2) is 6.29 Å². The van der Waals surface area contributed by atoms with Crippen LogP contribution in [0.5, 0.6) is 5.88 Å². The molecule has 0 bridgehead atoms. The van der Waals surface area contributed by atoms with Crippen LogP contribution in [0.25, 0.3) is 0 Å². The zero-order chi connectivity index (χ0) is 7.56. The molecule has 0 unspecified atom stereocenters. The van der Waals surface area contributed by atoms with Crippen LogP contribution in [0.3, 0.4) is 0 Å². The van der Waals surface area contributed by atoms with E-state index in [9.17, 15) is 4.79 Å². The van der Waals surface area contributed by atoms with Gasteiger partial charge in [-0.25, -0.2) is 4.98 Å². The monoisotopic (exact) mass is 157 g/mol. The maximum Gasteiger partial charge on any atom is 0.230 e. The highest BCUT2D eigenvalue weighted by atomic mass is 35.5. The molecule has 0 aromatic carbocycles. The quantitative estimate of drug-likeness (QED) is 0.625. The topological polar surface area (TPSA) is 50.2 Å². The number of aromatic hydroxyl groups is 1. The third-order valence-corrected chi connectivity index (χ3v) is 1.41. The molecule has 52 valence electrons. The van der Waals surface area contributed by atoms with Gasteiger partial charge in [0.2, 0.25) is 5.88 Å². The van der Waals surface area contributed by atoms with Crippen LogP contribution in [-0.4, -0.2) is 16.4 Å². The Bertz CT molecular complexity index is 262. The van der Waals surface area contributed by atoms with Gasteiger partial charge in [-0.15, -0.1) is 0 Å². The maximum absolute atomic E-state index is 10.2. The average molecular weight is 158 g/mol. The molecule has 0 spiro atoms. The van der Waals surface area contributed by atoms with Crippen molar-refractivity contribution in [1.82, 2.24) is 4.98 Å². The smallest absolute Gasteiger partial charge is 0.230 e. The molecule has 0 amide bonds. The zero-order valence-corrected chi connectivity index (χ0v) is 5.67. The SMILES string of the molecule is O=Cc1ccnc(O)c1Cl. The normalized spacial score (nSPS) is 9.30. The zero-order valence-electron chi connectivity index (χ0n) is 4.91. The number of hydrogen-bond acceptors (Lipinski definition) is 3. The first-order chi connectivity index (χ1) is 4.75. The van der Waals surface area contributed by atoms with Crippen molar-refractivity contribution < 1.29 is 9.90 Å². The van der Waals surface area contributed by atoms with E-state index in [4.69, 9.17) is 16.7 Å². The molecule has 0 aliphatic rings. The van der Waals surface area contributed by atoms with Crippen LogP contribution in [0.2, 0.25) is 5.02 Å². The number of pyridine rings is 1. The second kappa shape index (κ2) is 2.66. The highest BCUT2D eigenvalue weighted by Gasteiger charge is 2.03. The molecular weight excluding hydrogens is 154 g/mol. The van der Waals surface area contributed by atoms with E-state index in [2.05, 4.69) is 4.98 Å². The van der Waals surface area contributed by atoms with Gasteiger partial charge in [-0.1, -0.05) is 11.6 Å². The van der Waals surface area contributed by atoms with Gasteiger partial charge < -0.3 is 5.11 Å². The summed E-state index contributed by atoms with van der Waals surface area (Å²) in [6, 6.07) is 1.43. The molecule has 0 saturated heterocycles. The van der Waals surface area contributed by atoms with E-state index in [1.165, 1.54) is 12.3 Å². The molecule has 0 saturated carbocycles. The maximum atomic E-state index is 10.2. The fourth-order valence-electron chi connectivity index (χ4n) is 0.538. The van der Waals surface area contributed by atoms with Crippen LogP contribution in [0, 0.1) is 0 Å². The summed E-state index contributed by atoms with van der Waals surface area (Å²) in [5.41, 5.74) is 0.245. The first kappa shape index (κ1) is 7.02. The van der Waals surface area contributed by atoms with E-state index >= 15 is 0 Å². The second-order valence-corrected chi connectivity index (χ2v) is 2.03. The van der Waals surface area contributed by atoms with Crippen molar-refractivity contribution in [1.29, 1.82) is 0 Å². The molecule has 0 radical (unpaired) electrons. The number of aromatic nitrogens is 1. The van der Waals surface area contributed by atoms with Gasteiger partial charge in [-0.2, -0.15) is 0 Å². The predicted octanol–water partition coefficient (Wildman–Crippen LogP) is 1.25. The Kier molecular flexibility index (Phi) is 1.87. The first-order valence-corrected chi connectivity index (χ1v) is 2.92. The summed E-state index contributed by atoms with van der Waals surface area (Å²) in [5.74, 6) is -0.314. The van der Waals surface area contributed by atoms with Gasteiger partial charge in [0.25, 0.3) is 0 Å². The van der Waals surface area contributed by atoms with Crippen molar-refractivity contribution in [2.75, 3.05) is 0 Å². The van der Waals surface area contributed by atoms with Gasteiger partial charge in [0.05, 0.1) is 0 Å². The summed E-state index contributed by atoms with van der Waals surface area (Å²) in [6.07, 6.45) is 1.87. The number of halogens is 1. The van der Waals surface area contributed by atoms with E-state index in [0.29, 0.717) is 6.29 Å². The van der Waals surface area contributed by atoms with Crippen molar-refractivity contribution in [2.45, 2.75) is 0 Å². The molecule has 0 aliphatic carbocycles. The molecule has 1 N–H and O–H groups in total. The summed E-state index contributed by atoms with van der Waals surface area (Å²) in [5, 5.41) is 8.83. The van der Waals surface area contributed by atoms with Crippen LogP contribution in [0.4, 0.5) is 0 Å².